The Kier molecular flexibility index (Phi) is 10.0. The van der Waals surface area contributed by atoms with Crippen LogP contribution in [0.4, 0.5) is 11.4 Å². The number of hydrazone groups is 1. The number of rotatable bonds is 10. The van der Waals surface area contributed by atoms with Gasteiger partial charge in [0.15, 0.2) is 0 Å². The SMILES string of the molecule is COc1ccc(/C=C(/NC(=O)c2ccccc2)C(=O)Nc2cccc(SCC(=O)NC3=NN(c4ccccc4)C(=O)C3)c2)cc1. The Hall–Kier alpha value is -5.68. The molecule has 45 heavy (non-hydrogen) atoms. The van der Waals surface area contributed by atoms with Gasteiger partial charge in [-0.2, -0.15) is 10.1 Å². The molecule has 0 radical (unpaired) electrons. The largest absolute Gasteiger partial charge is 0.497 e. The van der Waals surface area contributed by atoms with Crippen LogP contribution in [-0.4, -0.2) is 42.3 Å². The van der Waals surface area contributed by atoms with Crippen molar-refractivity contribution in [3.05, 3.63) is 126 Å². The molecule has 4 aromatic rings. The van der Waals surface area contributed by atoms with Crippen molar-refractivity contribution < 1.29 is 23.9 Å². The standard InChI is InChI=1S/C34H29N5O5S/c1-44-27-17-15-23(16-18-27)19-29(36-33(42)24-9-4-2-5-10-24)34(43)35-25-11-8-14-28(20-25)45-22-31(40)37-30-21-32(41)39(38-30)26-12-6-3-7-13-26/h2-20H,21-22H2,1H3,(H,35,43)(H,36,42)(H,37,38,40)/b29-19+. The van der Waals surface area contributed by atoms with Crippen LogP contribution in [0.15, 0.2) is 125 Å². The molecule has 4 amide bonds. The van der Waals surface area contributed by atoms with Gasteiger partial charge in [0.25, 0.3) is 17.7 Å². The molecule has 1 heterocycles. The average Bonchev–Trinajstić information content (AvgIpc) is 3.44. The van der Waals surface area contributed by atoms with Crippen LogP contribution in [0.3, 0.4) is 0 Å². The van der Waals surface area contributed by atoms with Crippen LogP contribution in [0, 0.1) is 0 Å². The van der Waals surface area contributed by atoms with Crippen LogP contribution in [0.1, 0.15) is 22.3 Å². The Balaban J connectivity index is 1.23. The number of hydrogen-bond acceptors (Lipinski definition) is 7. The molecule has 0 aromatic heterocycles. The van der Waals surface area contributed by atoms with E-state index in [1.807, 2.05) is 12.1 Å². The van der Waals surface area contributed by atoms with Gasteiger partial charge in [-0.15, -0.1) is 11.8 Å². The highest BCUT2D eigenvalue weighted by Crippen LogP contribution is 2.23. The van der Waals surface area contributed by atoms with Crippen molar-refractivity contribution in [3.8, 4) is 5.75 Å². The smallest absolute Gasteiger partial charge is 0.272 e. The van der Waals surface area contributed by atoms with E-state index in [-0.39, 0.29) is 35.5 Å². The van der Waals surface area contributed by atoms with Gasteiger partial charge < -0.3 is 20.7 Å². The summed E-state index contributed by atoms with van der Waals surface area (Å²) in [4.78, 5) is 52.0. The second kappa shape index (κ2) is 14.7. The van der Waals surface area contributed by atoms with Crippen LogP contribution in [0.25, 0.3) is 6.08 Å². The molecule has 0 saturated heterocycles. The molecule has 10 nitrogen and oxygen atoms in total. The summed E-state index contributed by atoms with van der Waals surface area (Å²) in [5.41, 5.74) is 2.24. The first-order valence-electron chi connectivity index (χ1n) is 13.9. The summed E-state index contributed by atoms with van der Waals surface area (Å²) < 4.78 is 5.21. The Bertz CT molecular complexity index is 1760. The van der Waals surface area contributed by atoms with Crippen molar-refractivity contribution in [1.82, 2.24) is 10.6 Å². The molecule has 0 fully saturated rings. The van der Waals surface area contributed by atoms with Crippen LogP contribution >= 0.6 is 11.8 Å². The lowest BCUT2D eigenvalue weighted by Gasteiger charge is -2.12. The van der Waals surface area contributed by atoms with E-state index in [0.29, 0.717) is 28.3 Å². The van der Waals surface area contributed by atoms with E-state index in [0.717, 1.165) is 4.90 Å². The maximum absolute atomic E-state index is 13.4. The van der Waals surface area contributed by atoms with Gasteiger partial charge in [-0.25, -0.2) is 0 Å². The lowest BCUT2D eigenvalue weighted by molar-refractivity contribution is -0.117. The Morgan fingerprint density at radius 1 is 0.889 bits per heavy atom. The summed E-state index contributed by atoms with van der Waals surface area (Å²) in [6.45, 7) is 0. The summed E-state index contributed by atoms with van der Waals surface area (Å²) in [6, 6.07) is 31.7. The van der Waals surface area contributed by atoms with E-state index in [4.69, 9.17) is 4.74 Å². The molecule has 1 aliphatic heterocycles. The van der Waals surface area contributed by atoms with Crippen LogP contribution in [-0.2, 0) is 14.4 Å². The zero-order valence-corrected chi connectivity index (χ0v) is 25.0. The van der Waals surface area contributed by atoms with E-state index in [2.05, 4.69) is 21.1 Å². The monoisotopic (exact) mass is 619 g/mol. The normalized spacial score (nSPS) is 12.7. The van der Waals surface area contributed by atoms with Crippen LogP contribution in [0.5, 0.6) is 5.75 Å². The summed E-state index contributed by atoms with van der Waals surface area (Å²) in [6.07, 6.45) is 1.58. The minimum absolute atomic E-state index is 0.00000515. The van der Waals surface area contributed by atoms with Crippen molar-refractivity contribution >= 4 is 58.7 Å². The van der Waals surface area contributed by atoms with Gasteiger partial charge in [0.05, 0.1) is 25.0 Å². The van der Waals surface area contributed by atoms with E-state index in [1.165, 1.54) is 16.8 Å². The van der Waals surface area contributed by atoms with Crippen molar-refractivity contribution in [1.29, 1.82) is 0 Å². The molecule has 0 bridgehead atoms. The first kappa shape index (κ1) is 30.8. The lowest BCUT2D eigenvalue weighted by atomic mass is 10.1. The predicted octanol–water partition coefficient (Wildman–Crippen LogP) is 5.06. The van der Waals surface area contributed by atoms with Crippen molar-refractivity contribution in [2.24, 2.45) is 5.10 Å². The van der Waals surface area contributed by atoms with Gasteiger partial charge in [-0.1, -0.05) is 54.6 Å². The second-order valence-corrected chi connectivity index (χ2v) is 10.8. The molecule has 226 valence electrons. The fourth-order valence-electron chi connectivity index (χ4n) is 4.29. The molecule has 0 atom stereocenters. The molecular weight excluding hydrogens is 590 g/mol. The first-order valence-corrected chi connectivity index (χ1v) is 14.9. The van der Waals surface area contributed by atoms with E-state index < -0.39 is 11.8 Å². The number of benzene rings is 4. The maximum Gasteiger partial charge on any atom is 0.272 e. The molecule has 3 N–H and O–H groups in total. The summed E-state index contributed by atoms with van der Waals surface area (Å²) >= 11 is 1.26. The molecule has 1 aliphatic rings. The van der Waals surface area contributed by atoms with Gasteiger partial charge in [-0.3, -0.25) is 19.2 Å². The predicted molar refractivity (Wildman–Crippen MR) is 175 cm³/mol. The Morgan fingerprint density at radius 2 is 1.60 bits per heavy atom. The average molecular weight is 620 g/mol. The molecule has 5 rings (SSSR count). The molecule has 0 spiro atoms. The number of nitrogens with one attached hydrogen (secondary N) is 3. The summed E-state index contributed by atoms with van der Waals surface area (Å²) in [5.74, 6) is -0.496. The first-order chi connectivity index (χ1) is 21.9. The molecule has 0 unspecified atom stereocenters. The van der Waals surface area contributed by atoms with Crippen LogP contribution in [0.2, 0.25) is 0 Å². The van der Waals surface area contributed by atoms with Gasteiger partial charge in [0, 0.05) is 16.1 Å². The molecule has 11 heteroatoms. The van der Waals surface area contributed by atoms with Gasteiger partial charge in [-0.05, 0) is 66.2 Å². The second-order valence-electron chi connectivity index (χ2n) is 9.73. The Labute approximate surface area is 264 Å². The number of methoxy groups -OCH3 is 1. The molecule has 4 aromatic carbocycles. The molecule has 0 saturated carbocycles. The number of hydrogen-bond donors (Lipinski definition) is 3. The third-order valence-corrected chi connectivity index (χ3v) is 7.47. The minimum atomic E-state index is -0.526. The number of anilines is 2. The van der Waals surface area contributed by atoms with Gasteiger partial charge >= 0.3 is 0 Å². The number of para-hydroxylation sites is 1. The quantitative estimate of drug-likeness (QED) is 0.168. The maximum atomic E-state index is 13.4. The topological polar surface area (TPSA) is 129 Å². The number of carbonyl (C=O) groups is 4. The third-order valence-electron chi connectivity index (χ3n) is 6.48. The summed E-state index contributed by atoms with van der Waals surface area (Å²) in [7, 11) is 1.56. The number of ether oxygens (including phenoxy) is 1. The zero-order chi connectivity index (χ0) is 31.6. The number of amidine groups is 1. The number of thioether (sulfide) groups is 1. The van der Waals surface area contributed by atoms with E-state index in [9.17, 15) is 19.2 Å². The van der Waals surface area contributed by atoms with Gasteiger partial charge in [0.1, 0.15) is 17.3 Å². The fraction of sp³-hybridized carbons (Fsp3) is 0.0882. The minimum Gasteiger partial charge on any atom is -0.497 e. The van der Waals surface area contributed by atoms with E-state index in [1.54, 1.807) is 110 Å². The van der Waals surface area contributed by atoms with Gasteiger partial charge in [0.2, 0.25) is 5.91 Å². The molecule has 0 aliphatic carbocycles. The van der Waals surface area contributed by atoms with Crippen LogP contribution < -0.4 is 25.7 Å². The third kappa shape index (κ3) is 8.46. The Morgan fingerprint density at radius 3 is 2.31 bits per heavy atom. The van der Waals surface area contributed by atoms with Crippen molar-refractivity contribution in [3.63, 3.8) is 0 Å². The van der Waals surface area contributed by atoms with E-state index >= 15 is 0 Å². The highest BCUT2D eigenvalue weighted by Gasteiger charge is 2.26. The summed E-state index contributed by atoms with van der Waals surface area (Å²) in [5, 5.41) is 13.8. The molecular formula is C34H29N5O5S. The number of nitrogens with zero attached hydrogens (tertiary/aromatic N) is 2. The number of carbonyl (C=O) groups excluding carboxylic acids is 4. The lowest BCUT2D eigenvalue weighted by Crippen LogP contribution is -2.31. The highest BCUT2D eigenvalue weighted by molar-refractivity contribution is 8.00. The highest BCUT2D eigenvalue weighted by atomic mass is 32.2. The number of amides is 4. The van der Waals surface area contributed by atoms with Crippen molar-refractivity contribution in [2.45, 2.75) is 11.3 Å². The zero-order valence-electron chi connectivity index (χ0n) is 24.2. The van der Waals surface area contributed by atoms with Crippen molar-refractivity contribution in [2.75, 3.05) is 23.2 Å². The fourth-order valence-corrected chi connectivity index (χ4v) is 5.04.